The summed E-state index contributed by atoms with van der Waals surface area (Å²) in [5, 5.41) is 10.8. The lowest BCUT2D eigenvalue weighted by molar-refractivity contribution is -0.133. The number of aryl methyl sites for hydroxylation is 2. The predicted octanol–water partition coefficient (Wildman–Crippen LogP) is 3.56. The smallest absolute Gasteiger partial charge is 0.268 e. The van der Waals surface area contributed by atoms with Crippen LogP contribution in [0.4, 0.5) is 0 Å². The molecule has 3 heterocycles. The number of carbonyl (C=O) groups is 1. The highest BCUT2D eigenvalue weighted by Crippen LogP contribution is 2.21. The Balaban J connectivity index is 1.23. The van der Waals surface area contributed by atoms with Crippen LogP contribution in [-0.4, -0.2) is 40.0 Å². The number of likely N-dealkylation sites (tertiary alicyclic amines) is 1. The van der Waals surface area contributed by atoms with Crippen molar-refractivity contribution in [3.8, 4) is 11.8 Å². The van der Waals surface area contributed by atoms with Crippen molar-refractivity contribution in [3.63, 3.8) is 0 Å². The molecule has 0 bridgehead atoms. The maximum atomic E-state index is 12.6. The molecule has 0 spiro atoms. The number of nitriles is 1. The molecular weight excluding hydrogens is 412 g/mol. The number of nitrogens with one attached hydrogen (secondary N) is 1. The molecule has 4 rings (SSSR count). The first-order valence-electron chi connectivity index (χ1n) is 10.4. The summed E-state index contributed by atoms with van der Waals surface area (Å²) in [6, 6.07) is 9.20. The SMILES string of the molecule is Cc1csc2c(=O)[nH]c(CCCC(=O)N3CCC(Oc4ccc(C#N)cc4)CC3)nc12. The first kappa shape index (κ1) is 21.1. The zero-order valence-electron chi connectivity index (χ0n) is 17.4. The van der Waals surface area contributed by atoms with Crippen LogP contribution in [-0.2, 0) is 11.2 Å². The second-order valence-electron chi connectivity index (χ2n) is 7.80. The van der Waals surface area contributed by atoms with Gasteiger partial charge >= 0.3 is 0 Å². The Kier molecular flexibility index (Phi) is 6.33. The van der Waals surface area contributed by atoms with Crippen molar-refractivity contribution < 1.29 is 9.53 Å². The van der Waals surface area contributed by atoms with Crippen LogP contribution in [0.1, 0.15) is 42.6 Å². The number of thiophene rings is 1. The topological polar surface area (TPSA) is 99.1 Å². The maximum absolute atomic E-state index is 12.6. The van der Waals surface area contributed by atoms with Crippen LogP contribution < -0.4 is 10.3 Å². The van der Waals surface area contributed by atoms with Gasteiger partial charge in [0.2, 0.25) is 5.91 Å². The summed E-state index contributed by atoms with van der Waals surface area (Å²) in [5.74, 6) is 1.52. The van der Waals surface area contributed by atoms with E-state index in [2.05, 4.69) is 16.0 Å². The van der Waals surface area contributed by atoms with E-state index in [0.29, 0.717) is 48.4 Å². The zero-order chi connectivity index (χ0) is 21.8. The number of aromatic nitrogens is 2. The number of benzene rings is 1. The summed E-state index contributed by atoms with van der Waals surface area (Å²) in [5.41, 5.74) is 2.28. The molecule has 1 aromatic carbocycles. The Morgan fingerprint density at radius 3 is 2.77 bits per heavy atom. The molecule has 3 aromatic rings. The molecule has 0 radical (unpaired) electrons. The lowest BCUT2D eigenvalue weighted by atomic mass is 10.1. The normalized spacial score (nSPS) is 14.5. The molecule has 1 amide bonds. The number of hydrogen-bond donors (Lipinski definition) is 1. The first-order valence-corrected chi connectivity index (χ1v) is 11.3. The molecule has 0 aliphatic carbocycles. The third-order valence-electron chi connectivity index (χ3n) is 5.54. The number of nitrogens with zero attached hydrogens (tertiary/aromatic N) is 3. The number of fused-ring (bicyclic) bond motifs is 1. The number of aromatic amines is 1. The standard InChI is InChI=1S/C23H24N4O3S/c1-15-14-31-22-21(15)25-19(26-23(22)29)3-2-4-20(28)27-11-9-18(10-12-27)30-17-7-5-16(13-24)6-8-17/h5-8,14,18H,2-4,9-12H2,1H3,(H,25,26,29). The van der Waals surface area contributed by atoms with E-state index in [4.69, 9.17) is 10.00 Å². The van der Waals surface area contributed by atoms with E-state index in [0.717, 1.165) is 29.7 Å². The van der Waals surface area contributed by atoms with Crippen LogP contribution in [0.25, 0.3) is 10.2 Å². The highest BCUT2D eigenvalue weighted by atomic mass is 32.1. The molecule has 2 aromatic heterocycles. The van der Waals surface area contributed by atoms with Crippen LogP contribution in [0.2, 0.25) is 0 Å². The van der Waals surface area contributed by atoms with Crippen LogP contribution in [0.5, 0.6) is 5.75 Å². The number of rotatable bonds is 6. The van der Waals surface area contributed by atoms with Crippen molar-refractivity contribution in [1.82, 2.24) is 14.9 Å². The van der Waals surface area contributed by atoms with Gasteiger partial charge < -0.3 is 14.6 Å². The van der Waals surface area contributed by atoms with Crippen molar-refractivity contribution in [2.45, 2.75) is 45.1 Å². The Hall–Kier alpha value is -3.18. The quantitative estimate of drug-likeness (QED) is 0.637. The summed E-state index contributed by atoms with van der Waals surface area (Å²) in [6.07, 6.45) is 3.31. The maximum Gasteiger partial charge on any atom is 0.268 e. The third-order valence-corrected chi connectivity index (χ3v) is 6.62. The molecule has 7 nitrogen and oxygen atoms in total. The summed E-state index contributed by atoms with van der Waals surface area (Å²) in [7, 11) is 0. The minimum Gasteiger partial charge on any atom is -0.490 e. The van der Waals surface area contributed by atoms with Crippen molar-refractivity contribution in [1.29, 1.82) is 5.26 Å². The summed E-state index contributed by atoms with van der Waals surface area (Å²) in [4.78, 5) is 34.0. The average Bonchev–Trinajstić information content (AvgIpc) is 3.16. The van der Waals surface area contributed by atoms with Crippen molar-refractivity contribution in [2.75, 3.05) is 13.1 Å². The first-order chi connectivity index (χ1) is 15.0. The monoisotopic (exact) mass is 436 g/mol. The Morgan fingerprint density at radius 1 is 1.32 bits per heavy atom. The molecule has 1 saturated heterocycles. The second kappa shape index (κ2) is 9.31. The minimum atomic E-state index is -0.103. The average molecular weight is 437 g/mol. The predicted molar refractivity (Wildman–Crippen MR) is 119 cm³/mol. The number of hydrogen-bond acceptors (Lipinski definition) is 6. The molecule has 31 heavy (non-hydrogen) atoms. The summed E-state index contributed by atoms with van der Waals surface area (Å²) in [6.45, 7) is 3.30. The second-order valence-corrected chi connectivity index (χ2v) is 8.68. The van der Waals surface area contributed by atoms with Gasteiger partial charge in [-0.3, -0.25) is 9.59 Å². The molecule has 1 aliphatic rings. The number of amides is 1. The van der Waals surface area contributed by atoms with Crippen LogP contribution in [0.3, 0.4) is 0 Å². The number of ether oxygens (including phenoxy) is 1. The van der Waals surface area contributed by atoms with Crippen LogP contribution in [0, 0.1) is 18.3 Å². The molecule has 1 aliphatic heterocycles. The van der Waals surface area contributed by atoms with Gasteiger partial charge in [0.25, 0.3) is 5.56 Å². The van der Waals surface area contributed by atoms with E-state index in [-0.39, 0.29) is 17.6 Å². The van der Waals surface area contributed by atoms with Crippen LogP contribution >= 0.6 is 11.3 Å². The van der Waals surface area contributed by atoms with Gasteiger partial charge in [0.1, 0.15) is 22.4 Å². The van der Waals surface area contributed by atoms with Crippen molar-refractivity contribution >= 4 is 27.5 Å². The molecule has 160 valence electrons. The Labute approximate surface area is 184 Å². The van der Waals surface area contributed by atoms with E-state index in [1.807, 2.05) is 29.3 Å². The van der Waals surface area contributed by atoms with Gasteiger partial charge in [0, 0.05) is 38.8 Å². The summed E-state index contributed by atoms with van der Waals surface area (Å²) >= 11 is 1.41. The van der Waals surface area contributed by atoms with E-state index in [9.17, 15) is 9.59 Å². The number of carbonyl (C=O) groups excluding carboxylic acids is 1. The molecule has 1 fully saturated rings. The molecular formula is C23H24N4O3S. The van der Waals surface area contributed by atoms with E-state index in [1.54, 1.807) is 12.1 Å². The van der Waals surface area contributed by atoms with Gasteiger partial charge in [-0.2, -0.15) is 5.26 Å². The third kappa shape index (κ3) is 4.94. The minimum absolute atomic E-state index is 0.0758. The number of H-pyrrole nitrogens is 1. The fourth-order valence-corrected chi connectivity index (χ4v) is 4.68. The molecule has 0 atom stereocenters. The van der Waals surface area contributed by atoms with Gasteiger partial charge in [-0.15, -0.1) is 11.3 Å². The Morgan fingerprint density at radius 2 is 2.06 bits per heavy atom. The van der Waals surface area contributed by atoms with E-state index >= 15 is 0 Å². The summed E-state index contributed by atoms with van der Waals surface area (Å²) < 4.78 is 6.64. The largest absolute Gasteiger partial charge is 0.490 e. The van der Waals surface area contributed by atoms with Gasteiger partial charge in [0.05, 0.1) is 17.1 Å². The lowest BCUT2D eigenvalue weighted by Crippen LogP contribution is -2.41. The van der Waals surface area contributed by atoms with E-state index < -0.39 is 0 Å². The van der Waals surface area contributed by atoms with E-state index in [1.165, 1.54) is 11.3 Å². The van der Waals surface area contributed by atoms with Gasteiger partial charge in [-0.1, -0.05) is 0 Å². The van der Waals surface area contributed by atoms with Crippen molar-refractivity contribution in [3.05, 3.63) is 57.0 Å². The van der Waals surface area contributed by atoms with Gasteiger partial charge in [-0.25, -0.2) is 4.98 Å². The fraction of sp³-hybridized carbons (Fsp3) is 0.391. The molecule has 0 unspecified atom stereocenters. The molecule has 1 N–H and O–H groups in total. The van der Waals surface area contributed by atoms with Crippen molar-refractivity contribution in [2.24, 2.45) is 0 Å². The van der Waals surface area contributed by atoms with Gasteiger partial charge in [0.15, 0.2) is 0 Å². The zero-order valence-corrected chi connectivity index (χ0v) is 18.2. The molecule has 0 saturated carbocycles. The highest BCUT2D eigenvalue weighted by Gasteiger charge is 2.23. The van der Waals surface area contributed by atoms with Crippen LogP contribution in [0.15, 0.2) is 34.4 Å². The highest BCUT2D eigenvalue weighted by molar-refractivity contribution is 7.17. The van der Waals surface area contributed by atoms with Gasteiger partial charge in [-0.05, 0) is 48.6 Å². The lowest BCUT2D eigenvalue weighted by Gasteiger charge is -2.32. The Bertz CT molecular complexity index is 1170. The number of piperidine rings is 1. The molecule has 8 heteroatoms. The fourth-order valence-electron chi connectivity index (χ4n) is 3.80.